The Balaban J connectivity index is 1.25. The van der Waals surface area contributed by atoms with Crippen molar-refractivity contribution in [2.24, 2.45) is 0 Å². The zero-order valence-electron chi connectivity index (χ0n) is 16.8. The number of rotatable bonds is 5. The first kappa shape index (κ1) is 19.0. The lowest BCUT2D eigenvalue weighted by Crippen LogP contribution is -2.12. The number of amides is 1. The maximum Gasteiger partial charge on any atom is 0.255 e. The minimum Gasteiger partial charge on any atom is -0.490 e. The van der Waals surface area contributed by atoms with Gasteiger partial charge in [0.05, 0.1) is 18.9 Å². The van der Waals surface area contributed by atoms with E-state index in [1.54, 1.807) is 24.3 Å². The number of nitrogens with zero attached hydrogens (tertiary/aromatic N) is 2. The Morgan fingerprint density at radius 3 is 2.84 bits per heavy atom. The molecular formula is C24H21N3O4. The summed E-state index contributed by atoms with van der Waals surface area (Å²) in [5.41, 5.74) is 2.84. The fourth-order valence-corrected chi connectivity index (χ4v) is 3.39. The number of benzene rings is 2. The molecule has 1 aliphatic heterocycles. The molecule has 7 nitrogen and oxygen atoms in total. The van der Waals surface area contributed by atoms with Gasteiger partial charge in [-0.2, -0.15) is 0 Å². The molecule has 1 amide bonds. The third-order valence-electron chi connectivity index (χ3n) is 4.90. The quantitative estimate of drug-likeness (QED) is 0.525. The van der Waals surface area contributed by atoms with Crippen LogP contribution in [0.5, 0.6) is 17.2 Å². The highest BCUT2D eigenvalue weighted by Gasteiger charge is 2.14. The van der Waals surface area contributed by atoms with E-state index in [4.69, 9.17) is 14.2 Å². The second-order valence-corrected chi connectivity index (χ2v) is 7.18. The van der Waals surface area contributed by atoms with Crippen LogP contribution >= 0.6 is 0 Å². The first-order chi connectivity index (χ1) is 15.2. The molecule has 0 fully saturated rings. The van der Waals surface area contributed by atoms with Gasteiger partial charge < -0.3 is 23.9 Å². The Morgan fingerprint density at radius 2 is 1.94 bits per heavy atom. The first-order valence-corrected chi connectivity index (χ1v) is 10.1. The van der Waals surface area contributed by atoms with Crippen LogP contribution in [0.25, 0.3) is 5.65 Å². The number of hydrogen-bond acceptors (Lipinski definition) is 5. The number of carbonyl (C=O) groups is 1. The molecule has 0 spiro atoms. The number of fused-ring (bicyclic) bond motifs is 2. The zero-order valence-corrected chi connectivity index (χ0v) is 16.8. The van der Waals surface area contributed by atoms with Crippen LogP contribution < -0.4 is 19.5 Å². The predicted molar refractivity (Wildman–Crippen MR) is 116 cm³/mol. The lowest BCUT2D eigenvalue weighted by molar-refractivity contribution is 0.102. The van der Waals surface area contributed by atoms with Gasteiger partial charge in [0, 0.05) is 36.1 Å². The Hall–Kier alpha value is -4.00. The van der Waals surface area contributed by atoms with E-state index >= 15 is 0 Å². The molecule has 0 atom stereocenters. The van der Waals surface area contributed by atoms with Crippen LogP contribution in [-0.4, -0.2) is 28.5 Å². The molecule has 7 heteroatoms. The van der Waals surface area contributed by atoms with Crippen molar-refractivity contribution < 1.29 is 19.0 Å². The maximum absolute atomic E-state index is 12.7. The van der Waals surface area contributed by atoms with Crippen molar-refractivity contribution in [3.63, 3.8) is 0 Å². The van der Waals surface area contributed by atoms with Gasteiger partial charge in [0.25, 0.3) is 5.91 Å². The summed E-state index contributed by atoms with van der Waals surface area (Å²) < 4.78 is 19.1. The third kappa shape index (κ3) is 4.30. The smallest absolute Gasteiger partial charge is 0.255 e. The van der Waals surface area contributed by atoms with Crippen LogP contribution in [0.2, 0.25) is 0 Å². The van der Waals surface area contributed by atoms with Gasteiger partial charge in [-0.3, -0.25) is 4.79 Å². The van der Waals surface area contributed by atoms with E-state index in [1.807, 2.05) is 53.2 Å². The lowest BCUT2D eigenvalue weighted by Gasteiger charge is -2.11. The molecule has 1 aliphatic rings. The van der Waals surface area contributed by atoms with Gasteiger partial charge in [-0.25, -0.2) is 4.98 Å². The van der Waals surface area contributed by atoms with Gasteiger partial charge >= 0.3 is 0 Å². The number of anilines is 1. The fraction of sp³-hybridized carbons (Fsp3) is 0.167. The van der Waals surface area contributed by atoms with E-state index in [1.165, 1.54) is 0 Å². The van der Waals surface area contributed by atoms with Gasteiger partial charge in [0.15, 0.2) is 11.5 Å². The number of nitrogens with one attached hydrogen (secondary N) is 1. The summed E-state index contributed by atoms with van der Waals surface area (Å²) in [6.45, 7) is 1.52. The fourth-order valence-electron chi connectivity index (χ4n) is 3.39. The molecule has 1 N–H and O–H groups in total. The summed E-state index contributed by atoms with van der Waals surface area (Å²) in [6, 6.07) is 18.3. The van der Waals surface area contributed by atoms with Gasteiger partial charge in [-0.15, -0.1) is 0 Å². The van der Waals surface area contributed by atoms with Crippen LogP contribution in [0.15, 0.2) is 73.1 Å². The Morgan fingerprint density at radius 1 is 1.03 bits per heavy atom. The highest BCUT2D eigenvalue weighted by Crippen LogP contribution is 2.30. The lowest BCUT2D eigenvalue weighted by atomic mass is 10.2. The summed E-state index contributed by atoms with van der Waals surface area (Å²) in [7, 11) is 0. The van der Waals surface area contributed by atoms with Crippen molar-refractivity contribution in [2.75, 3.05) is 18.5 Å². The molecule has 31 heavy (non-hydrogen) atoms. The molecule has 0 aliphatic carbocycles. The van der Waals surface area contributed by atoms with Crippen LogP contribution in [-0.2, 0) is 6.61 Å². The highest BCUT2D eigenvalue weighted by atomic mass is 16.5. The highest BCUT2D eigenvalue weighted by molar-refractivity contribution is 6.04. The molecule has 5 rings (SSSR count). The maximum atomic E-state index is 12.7. The number of hydrogen-bond donors (Lipinski definition) is 1. The number of imidazole rings is 1. The van der Waals surface area contributed by atoms with E-state index in [9.17, 15) is 4.79 Å². The zero-order chi connectivity index (χ0) is 21.0. The monoisotopic (exact) mass is 415 g/mol. The molecule has 0 radical (unpaired) electrons. The molecule has 156 valence electrons. The number of pyridine rings is 1. The Labute approximate surface area is 179 Å². The molecule has 0 saturated heterocycles. The van der Waals surface area contributed by atoms with Crippen LogP contribution in [0.3, 0.4) is 0 Å². The molecule has 2 aromatic heterocycles. The average molecular weight is 415 g/mol. The second kappa shape index (κ2) is 8.39. The minimum absolute atomic E-state index is 0.229. The van der Waals surface area contributed by atoms with Gasteiger partial charge in [0.1, 0.15) is 18.0 Å². The molecular weight excluding hydrogens is 394 g/mol. The molecule has 0 unspecified atom stereocenters. The van der Waals surface area contributed by atoms with Gasteiger partial charge in [-0.05, 0) is 42.5 Å². The van der Waals surface area contributed by atoms with Crippen molar-refractivity contribution in [1.82, 2.24) is 9.38 Å². The van der Waals surface area contributed by atoms with E-state index in [0.29, 0.717) is 48.3 Å². The van der Waals surface area contributed by atoms with Crippen molar-refractivity contribution in [3.05, 3.63) is 84.3 Å². The first-order valence-electron chi connectivity index (χ1n) is 10.1. The van der Waals surface area contributed by atoms with E-state index in [0.717, 1.165) is 17.8 Å². The topological polar surface area (TPSA) is 74.1 Å². The summed E-state index contributed by atoms with van der Waals surface area (Å²) in [4.78, 5) is 17.2. The molecule has 0 saturated carbocycles. The minimum atomic E-state index is -0.229. The standard InChI is InChI=1S/C24H21N3O4/c28-24(17-8-9-21-22(13-17)30-12-4-11-29-21)26-18-5-3-6-20(14-18)31-16-19-15-27-10-2-1-7-23(27)25-19/h1-3,5-10,13-15H,4,11-12,16H2,(H,26,28). The SMILES string of the molecule is O=C(Nc1cccc(OCc2cn3ccccc3n2)c1)c1ccc2c(c1)OCCCO2. The number of carbonyl (C=O) groups excluding carboxylic acids is 1. The summed E-state index contributed by atoms with van der Waals surface area (Å²) in [5, 5.41) is 2.91. The Bertz CT molecular complexity index is 1200. The second-order valence-electron chi connectivity index (χ2n) is 7.18. The Kier molecular flexibility index (Phi) is 5.14. The van der Waals surface area contributed by atoms with Gasteiger partial charge in [0.2, 0.25) is 0 Å². The van der Waals surface area contributed by atoms with Gasteiger partial charge in [-0.1, -0.05) is 12.1 Å². The summed E-state index contributed by atoms with van der Waals surface area (Å²) in [6.07, 6.45) is 4.70. The normalized spacial score (nSPS) is 12.9. The third-order valence-corrected chi connectivity index (χ3v) is 4.90. The molecule has 0 bridgehead atoms. The molecule has 3 heterocycles. The largest absolute Gasteiger partial charge is 0.490 e. The van der Waals surface area contributed by atoms with Crippen molar-refractivity contribution in [1.29, 1.82) is 0 Å². The number of aromatic nitrogens is 2. The van der Waals surface area contributed by atoms with Crippen molar-refractivity contribution in [3.8, 4) is 17.2 Å². The van der Waals surface area contributed by atoms with Crippen LogP contribution in [0.1, 0.15) is 22.5 Å². The van der Waals surface area contributed by atoms with Crippen molar-refractivity contribution in [2.45, 2.75) is 13.0 Å². The van der Waals surface area contributed by atoms with Crippen LogP contribution in [0, 0.1) is 0 Å². The molecule has 4 aromatic rings. The van der Waals surface area contributed by atoms with Crippen molar-refractivity contribution >= 4 is 17.2 Å². The average Bonchev–Trinajstić information content (AvgIpc) is 3.06. The summed E-state index contributed by atoms with van der Waals surface area (Å²) >= 11 is 0. The summed E-state index contributed by atoms with van der Waals surface area (Å²) in [5.74, 6) is 1.67. The number of ether oxygens (including phenoxy) is 3. The molecule has 2 aromatic carbocycles. The van der Waals surface area contributed by atoms with Crippen LogP contribution in [0.4, 0.5) is 5.69 Å². The predicted octanol–water partition coefficient (Wildman–Crippen LogP) is 4.33. The van der Waals surface area contributed by atoms with E-state index in [-0.39, 0.29) is 5.91 Å². The van der Waals surface area contributed by atoms with E-state index < -0.39 is 0 Å². The van der Waals surface area contributed by atoms with E-state index in [2.05, 4.69) is 10.3 Å².